The number of halogens is 2. The Kier molecular flexibility index (Phi) is 6.04. The molecule has 2 aliphatic rings. The quantitative estimate of drug-likeness (QED) is 0.573. The van der Waals surface area contributed by atoms with Gasteiger partial charge in [-0.2, -0.15) is 4.39 Å². The molecule has 2 aromatic carbocycles. The van der Waals surface area contributed by atoms with Crippen LogP contribution in [0.5, 0.6) is 11.5 Å². The van der Waals surface area contributed by atoms with Crippen LogP contribution in [0.4, 0.5) is 8.78 Å². The minimum atomic E-state index is -0.951. The van der Waals surface area contributed by atoms with Crippen LogP contribution in [-0.2, 0) is 11.3 Å². The van der Waals surface area contributed by atoms with Gasteiger partial charge in [-0.05, 0) is 55.0 Å². The lowest BCUT2D eigenvalue weighted by Crippen LogP contribution is -2.35. The molecule has 29 heavy (non-hydrogen) atoms. The molecule has 2 aromatic rings. The summed E-state index contributed by atoms with van der Waals surface area (Å²) in [6.07, 6.45) is 5.18. The molecule has 1 unspecified atom stereocenters. The molecule has 1 aliphatic heterocycles. The zero-order valence-corrected chi connectivity index (χ0v) is 17.0. The zero-order chi connectivity index (χ0) is 20.4. The van der Waals surface area contributed by atoms with Gasteiger partial charge in [-0.3, -0.25) is 0 Å². The van der Waals surface area contributed by atoms with Crippen molar-refractivity contribution in [2.45, 2.75) is 58.8 Å². The second-order valence-corrected chi connectivity index (χ2v) is 8.23. The van der Waals surface area contributed by atoms with E-state index in [9.17, 15) is 8.78 Å². The summed E-state index contributed by atoms with van der Waals surface area (Å²) in [6.45, 7) is 4.98. The Morgan fingerprint density at radius 3 is 2.59 bits per heavy atom. The molecule has 5 heteroatoms. The van der Waals surface area contributed by atoms with Gasteiger partial charge in [0.05, 0.1) is 13.2 Å². The maximum absolute atomic E-state index is 14.6. The predicted molar refractivity (Wildman–Crippen MR) is 108 cm³/mol. The number of ether oxygens (including phenoxy) is 3. The average molecular weight is 402 g/mol. The van der Waals surface area contributed by atoms with E-state index in [1.807, 2.05) is 19.1 Å². The van der Waals surface area contributed by atoms with E-state index in [0.29, 0.717) is 24.7 Å². The van der Waals surface area contributed by atoms with Gasteiger partial charge >= 0.3 is 0 Å². The van der Waals surface area contributed by atoms with Crippen LogP contribution in [0.1, 0.15) is 51.5 Å². The smallest absolute Gasteiger partial charge is 0.203 e. The van der Waals surface area contributed by atoms with Gasteiger partial charge in [-0.15, -0.1) is 0 Å². The van der Waals surface area contributed by atoms with E-state index in [0.717, 1.165) is 36.5 Å². The maximum Gasteiger partial charge on any atom is 0.203 e. The van der Waals surface area contributed by atoms with Crippen molar-refractivity contribution in [3.63, 3.8) is 0 Å². The summed E-state index contributed by atoms with van der Waals surface area (Å²) >= 11 is 0. The van der Waals surface area contributed by atoms with E-state index in [4.69, 9.17) is 14.2 Å². The number of fused-ring (bicyclic) bond motifs is 1. The third-order valence-electron chi connectivity index (χ3n) is 5.97. The molecular weight excluding hydrogens is 374 g/mol. The van der Waals surface area contributed by atoms with Crippen LogP contribution in [0, 0.1) is 23.5 Å². The number of rotatable bonds is 5. The van der Waals surface area contributed by atoms with Crippen molar-refractivity contribution in [3.8, 4) is 22.6 Å². The number of hydrogen-bond donors (Lipinski definition) is 0. The second-order valence-electron chi connectivity index (χ2n) is 8.23. The fourth-order valence-corrected chi connectivity index (χ4v) is 4.17. The lowest BCUT2D eigenvalue weighted by Gasteiger charge is -2.35. The standard InChI is InChI=1S/C24H28F2O3/c1-3-12-27-21-11-9-19(22(25)23(21)26)17-8-10-20-18(13-17)14-28-24(29-20)16-6-4-15(2)5-7-16/h8-11,13,15-16,24H,3-7,12,14H2,1-2H3. The average Bonchev–Trinajstić information content (AvgIpc) is 2.75. The van der Waals surface area contributed by atoms with E-state index in [-0.39, 0.29) is 17.6 Å². The molecule has 0 aromatic heterocycles. The minimum absolute atomic E-state index is 0.0534. The summed E-state index contributed by atoms with van der Waals surface area (Å²) in [5, 5.41) is 0. The van der Waals surface area contributed by atoms with Gasteiger partial charge in [0.25, 0.3) is 0 Å². The highest BCUT2D eigenvalue weighted by atomic mass is 19.2. The normalized spacial score (nSPS) is 23.9. The highest BCUT2D eigenvalue weighted by Crippen LogP contribution is 2.38. The van der Waals surface area contributed by atoms with E-state index < -0.39 is 11.6 Å². The van der Waals surface area contributed by atoms with Crippen LogP contribution < -0.4 is 9.47 Å². The van der Waals surface area contributed by atoms with E-state index >= 15 is 0 Å². The van der Waals surface area contributed by atoms with Crippen molar-refractivity contribution >= 4 is 0 Å². The highest BCUT2D eigenvalue weighted by molar-refractivity contribution is 5.67. The summed E-state index contributed by atoms with van der Waals surface area (Å²) in [5.41, 5.74) is 1.66. The lowest BCUT2D eigenvalue weighted by atomic mass is 9.82. The molecule has 0 spiro atoms. The Labute approximate surface area is 171 Å². The summed E-state index contributed by atoms with van der Waals surface area (Å²) in [5.74, 6) is 0.0629. The van der Waals surface area contributed by atoms with Gasteiger partial charge in [0.15, 0.2) is 11.6 Å². The SMILES string of the molecule is CCCOc1ccc(-c2ccc3c(c2)COC(C2CCC(C)CC2)O3)c(F)c1F. The van der Waals surface area contributed by atoms with Crippen molar-refractivity contribution in [1.82, 2.24) is 0 Å². The molecule has 156 valence electrons. The molecule has 3 nitrogen and oxygen atoms in total. The predicted octanol–water partition coefficient (Wildman–Crippen LogP) is 6.48. The van der Waals surface area contributed by atoms with Crippen molar-refractivity contribution in [3.05, 3.63) is 47.5 Å². The molecule has 1 aliphatic carbocycles. The first-order chi connectivity index (χ1) is 14.1. The number of hydrogen-bond acceptors (Lipinski definition) is 3. The maximum atomic E-state index is 14.6. The van der Waals surface area contributed by atoms with Crippen LogP contribution >= 0.6 is 0 Å². The van der Waals surface area contributed by atoms with Gasteiger partial charge in [0.1, 0.15) is 5.75 Å². The Balaban J connectivity index is 1.52. The monoisotopic (exact) mass is 402 g/mol. The molecule has 1 heterocycles. The van der Waals surface area contributed by atoms with Gasteiger partial charge in [0, 0.05) is 17.0 Å². The zero-order valence-electron chi connectivity index (χ0n) is 17.0. The molecular formula is C24H28F2O3. The molecule has 1 atom stereocenters. The Hall–Kier alpha value is -2.14. The number of benzene rings is 2. The molecule has 0 amide bonds. The van der Waals surface area contributed by atoms with E-state index in [1.165, 1.54) is 18.9 Å². The van der Waals surface area contributed by atoms with Gasteiger partial charge in [-0.1, -0.05) is 32.8 Å². The summed E-state index contributed by atoms with van der Waals surface area (Å²) < 4.78 is 46.3. The molecule has 0 radical (unpaired) electrons. The molecule has 1 fully saturated rings. The third kappa shape index (κ3) is 4.25. The van der Waals surface area contributed by atoms with Crippen LogP contribution in [0.2, 0.25) is 0 Å². The largest absolute Gasteiger partial charge is 0.490 e. The topological polar surface area (TPSA) is 27.7 Å². The summed E-state index contributed by atoms with van der Waals surface area (Å²) in [6, 6.07) is 8.47. The summed E-state index contributed by atoms with van der Waals surface area (Å²) in [7, 11) is 0. The van der Waals surface area contributed by atoms with Crippen molar-refractivity contribution in [2.24, 2.45) is 11.8 Å². The van der Waals surface area contributed by atoms with Crippen LogP contribution in [0.25, 0.3) is 11.1 Å². The molecule has 0 N–H and O–H groups in total. The van der Waals surface area contributed by atoms with Crippen LogP contribution in [0.15, 0.2) is 30.3 Å². The van der Waals surface area contributed by atoms with Crippen LogP contribution in [-0.4, -0.2) is 12.9 Å². The fourth-order valence-electron chi connectivity index (χ4n) is 4.17. The summed E-state index contributed by atoms with van der Waals surface area (Å²) in [4.78, 5) is 0. The van der Waals surface area contributed by atoms with Crippen LogP contribution in [0.3, 0.4) is 0 Å². The fraction of sp³-hybridized carbons (Fsp3) is 0.500. The van der Waals surface area contributed by atoms with Crippen molar-refractivity contribution < 1.29 is 23.0 Å². The Bertz CT molecular complexity index is 859. The third-order valence-corrected chi connectivity index (χ3v) is 5.97. The second kappa shape index (κ2) is 8.70. The highest BCUT2D eigenvalue weighted by Gasteiger charge is 2.31. The van der Waals surface area contributed by atoms with Gasteiger partial charge in [0.2, 0.25) is 12.1 Å². The van der Waals surface area contributed by atoms with E-state index in [2.05, 4.69) is 6.92 Å². The minimum Gasteiger partial charge on any atom is -0.490 e. The first kappa shape index (κ1) is 20.1. The Morgan fingerprint density at radius 1 is 1.03 bits per heavy atom. The van der Waals surface area contributed by atoms with Crippen molar-refractivity contribution in [2.75, 3.05) is 6.61 Å². The van der Waals surface area contributed by atoms with E-state index in [1.54, 1.807) is 12.1 Å². The lowest BCUT2D eigenvalue weighted by molar-refractivity contribution is -0.148. The van der Waals surface area contributed by atoms with Gasteiger partial charge < -0.3 is 14.2 Å². The molecule has 0 saturated heterocycles. The molecule has 1 saturated carbocycles. The Morgan fingerprint density at radius 2 is 1.83 bits per heavy atom. The first-order valence-electron chi connectivity index (χ1n) is 10.6. The van der Waals surface area contributed by atoms with Crippen molar-refractivity contribution in [1.29, 1.82) is 0 Å². The van der Waals surface area contributed by atoms with Gasteiger partial charge in [-0.25, -0.2) is 4.39 Å². The molecule has 0 bridgehead atoms. The first-order valence-corrected chi connectivity index (χ1v) is 10.6. The molecule has 4 rings (SSSR count).